The molecule has 28 heavy (non-hydrogen) atoms. The van der Waals surface area contributed by atoms with Crippen molar-refractivity contribution in [3.8, 4) is 11.5 Å². The van der Waals surface area contributed by atoms with Gasteiger partial charge >= 0.3 is 0 Å². The quantitative estimate of drug-likeness (QED) is 0.819. The van der Waals surface area contributed by atoms with E-state index in [1.54, 1.807) is 24.3 Å². The highest BCUT2D eigenvalue weighted by atomic mass is 16.5. The minimum absolute atomic E-state index is 0.170. The Hall–Kier alpha value is -3.03. The van der Waals surface area contributed by atoms with Gasteiger partial charge < -0.3 is 19.7 Å². The zero-order valence-electron chi connectivity index (χ0n) is 16.5. The first-order valence-corrected chi connectivity index (χ1v) is 9.34. The van der Waals surface area contributed by atoms with Crippen molar-refractivity contribution in [2.45, 2.75) is 26.3 Å². The summed E-state index contributed by atoms with van der Waals surface area (Å²) in [6, 6.07) is 8.26. The Kier molecular flexibility index (Phi) is 6.18. The number of methoxy groups -OCH3 is 2. The van der Waals surface area contributed by atoms with Crippen LogP contribution < -0.4 is 25.2 Å². The first-order valence-electron chi connectivity index (χ1n) is 9.34. The molecule has 1 aliphatic rings. The van der Waals surface area contributed by atoms with E-state index in [0.29, 0.717) is 23.1 Å². The van der Waals surface area contributed by atoms with Crippen LogP contribution in [-0.4, -0.2) is 43.0 Å². The van der Waals surface area contributed by atoms with E-state index < -0.39 is 0 Å². The minimum atomic E-state index is -0.352. The largest absolute Gasteiger partial charge is 0.497 e. The Morgan fingerprint density at radius 3 is 2.39 bits per heavy atom. The van der Waals surface area contributed by atoms with E-state index in [1.165, 1.54) is 25.0 Å². The molecule has 0 bridgehead atoms. The van der Waals surface area contributed by atoms with Gasteiger partial charge in [0.1, 0.15) is 23.9 Å². The van der Waals surface area contributed by atoms with E-state index in [9.17, 15) is 9.59 Å². The molecular formula is C20H26N4O4. The van der Waals surface area contributed by atoms with Crippen LogP contribution in [0.5, 0.6) is 11.5 Å². The number of carbonyl (C=O) groups is 1. The van der Waals surface area contributed by atoms with Crippen molar-refractivity contribution < 1.29 is 14.3 Å². The third-order valence-corrected chi connectivity index (χ3v) is 4.89. The van der Waals surface area contributed by atoms with Gasteiger partial charge in [0.25, 0.3) is 5.56 Å². The molecule has 1 aromatic carbocycles. The maximum atomic E-state index is 12.5. The molecule has 1 aromatic heterocycles. The van der Waals surface area contributed by atoms with Crippen LogP contribution in [0.15, 0.2) is 35.1 Å². The van der Waals surface area contributed by atoms with Crippen molar-refractivity contribution in [1.82, 2.24) is 9.78 Å². The first-order chi connectivity index (χ1) is 13.5. The molecule has 1 aliphatic heterocycles. The van der Waals surface area contributed by atoms with Crippen molar-refractivity contribution in [3.05, 3.63) is 40.7 Å². The van der Waals surface area contributed by atoms with Gasteiger partial charge in [0, 0.05) is 43.0 Å². The lowest BCUT2D eigenvalue weighted by Crippen LogP contribution is -2.36. The van der Waals surface area contributed by atoms with Gasteiger partial charge in [-0.25, -0.2) is 4.68 Å². The summed E-state index contributed by atoms with van der Waals surface area (Å²) in [5, 5.41) is 7.15. The van der Waals surface area contributed by atoms with Crippen molar-refractivity contribution in [3.63, 3.8) is 0 Å². The second-order valence-corrected chi connectivity index (χ2v) is 7.01. The van der Waals surface area contributed by atoms with Gasteiger partial charge in [-0.15, -0.1) is 0 Å². The highest BCUT2D eigenvalue weighted by Gasteiger charge is 2.18. The average Bonchev–Trinajstić information content (AvgIpc) is 2.70. The fraction of sp³-hybridized carbons (Fsp3) is 0.450. The number of rotatable bonds is 6. The number of benzene rings is 1. The van der Waals surface area contributed by atoms with Crippen LogP contribution in [0.2, 0.25) is 0 Å². The van der Waals surface area contributed by atoms with E-state index in [4.69, 9.17) is 9.47 Å². The van der Waals surface area contributed by atoms with E-state index in [2.05, 4.69) is 22.2 Å². The fourth-order valence-corrected chi connectivity index (χ4v) is 3.17. The molecule has 3 rings (SSSR count). The summed E-state index contributed by atoms with van der Waals surface area (Å²) in [6.45, 7) is 3.88. The summed E-state index contributed by atoms with van der Waals surface area (Å²) in [5.41, 5.74) is 0.211. The first kappa shape index (κ1) is 19.7. The molecule has 1 N–H and O–H groups in total. The number of ether oxygens (including phenoxy) is 2. The van der Waals surface area contributed by atoms with Crippen LogP contribution in [0.4, 0.5) is 11.5 Å². The molecule has 2 heterocycles. The van der Waals surface area contributed by atoms with E-state index in [-0.39, 0.29) is 18.0 Å². The SMILES string of the molecule is COc1cc(NC(=O)Cn2nc(N3CCC(C)CC3)ccc2=O)cc(OC)c1. The van der Waals surface area contributed by atoms with Crippen LogP contribution in [0.1, 0.15) is 19.8 Å². The number of anilines is 2. The number of nitrogens with zero attached hydrogens (tertiary/aromatic N) is 3. The number of piperidine rings is 1. The van der Waals surface area contributed by atoms with E-state index in [0.717, 1.165) is 31.7 Å². The third-order valence-electron chi connectivity index (χ3n) is 4.89. The number of hydrogen-bond donors (Lipinski definition) is 1. The standard InChI is InChI=1S/C20H26N4O4/c1-14-6-8-23(9-7-14)18-4-5-20(26)24(22-18)13-19(25)21-15-10-16(27-2)12-17(11-15)28-3/h4-5,10-12,14H,6-9,13H2,1-3H3,(H,21,25). The van der Waals surface area contributed by atoms with Gasteiger partial charge in [-0.1, -0.05) is 6.92 Å². The molecule has 8 heteroatoms. The molecule has 1 saturated heterocycles. The zero-order valence-corrected chi connectivity index (χ0v) is 16.5. The van der Waals surface area contributed by atoms with Crippen LogP contribution in [0.25, 0.3) is 0 Å². The molecule has 0 spiro atoms. The third kappa shape index (κ3) is 4.82. The van der Waals surface area contributed by atoms with E-state index >= 15 is 0 Å². The molecule has 150 valence electrons. The smallest absolute Gasteiger partial charge is 0.267 e. The van der Waals surface area contributed by atoms with Crippen LogP contribution in [0, 0.1) is 5.92 Å². The molecule has 1 fully saturated rings. The summed E-state index contributed by atoms with van der Waals surface area (Å²) in [5.74, 6) is 2.20. The molecule has 0 atom stereocenters. The maximum Gasteiger partial charge on any atom is 0.267 e. The monoisotopic (exact) mass is 386 g/mol. The molecular weight excluding hydrogens is 360 g/mol. The van der Waals surface area contributed by atoms with Gasteiger partial charge in [-0.2, -0.15) is 5.10 Å². The number of hydrogen-bond acceptors (Lipinski definition) is 6. The summed E-state index contributed by atoms with van der Waals surface area (Å²) in [6.07, 6.45) is 2.19. The fourth-order valence-electron chi connectivity index (χ4n) is 3.17. The van der Waals surface area contributed by atoms with Crippen LogP contribution >= 0.6 is 0 Å². The van der Waals surface area contributed by atoms with Crippen LogP contribution in [-0.2, 0) is 11.3 Å². The minimum Gasteiger partial charge on any atom is -0.497 e. The lowest BCUT2D eigenvalue weighted by atomic mass is 9.99. The number of aromatic nitrogens is 2. The lowest BCUT2D eigenvalue weighted by molar-refractivity contribution is -0.117. The van der Waals surface area contributed by atoms with Crippen molar-refractivity contribution >= 4 is 17.4 Å². The van der Waals surface area contributed by atoms with Crippen molar-refractivity contribution in [2.75, 3.05) is 37.5 Å². The predicted octanol–water partition coefficient (Wildman–Crippen LogP) is 2.14. The van der Waals surface area contributed by atoms with Gasteiger partial charge in [0.05, 0.1) is 14.2 Å². The summed E-state index contributed by atoms with van der Waals surface area (Å²) < 4.78 is 11.6. The maximum absolute atomic E-state index is 12.5. The molecule has 0 unspecified atom stereocenters. The van der Waals surface area contributed by atoms with Crippen LogP contribution in [0.3, 0.4) is 0 Å². The molecule has 8 nitrogen and oxygen atoms in total. The molecule has 0 aliphatic carbocycles. The van der Waals surface area contributed by atoms with Gasteiger partial charge in [-0.3, -0.25) is 9.59 Å². The lowest BCUT2D eigenvalue weighted by Gasteiger charge is -2.31. The Labute approximate surface area is 164 Å². The van der Waals surface area contributed by atoms with Crippen molar-refractivity contribution in [2.24, 2.45) is 5.92 Å². The Morgan fingerprint density at radius 1 is 1.14 bits per heavy atom. The normalized spacial score (nSPS) is 14.6. The van der Waals surface area contributed by atoms with Gasteiger partial charge in [0.2, 0.25) is 5.91 Å². The Morgan fingerprint density at radius 2 is 1.79 bits per heavy atom. The predicted molar refractivity (Wildman–Crippen MR) is 107 cm³/mol. The second kappa shape index (κ2) is 8.77. The number of nitrogens with one attached hydrogen (secondary N) is 1. The van der Waals surface area contributed by atoms with E-state index in [1.807, 2.05) is 0 Å². The molecule has 0 saturated carbocycles. The topological polar surface area (TPSA) is 85.7 Å². The Bertz CT molecular complexity index is 866. The van der Waals surface area contributed by atoms with Gasteiger partial charge in [0.15, 0.2) is 0 Å². The number of amides is 1. The summed E-state index contributed by atoms with van der Waals surface area (Å²) >= 11 is 0. The molecule has 0 radical (unpaired) electrons. The molecule has 2 aromatic rings. The average molecular weight is 386 g/mol. The second-order valence-electron chi connectivity index (χ2n) is 7.01. The van der Waals surface area contributed by atoms with Crippen molar-refractivity contribution in [1.29, 1.82) is 0 Å². The Balaban J connectivity index is 1.72. The van der Waals surface area contributed by atoms with Gasteiger partial charge in [-0.05, 0) is 24.8 Å². The zero-order chi connectivity index (χ0) is 20.1. The highest BCUT2D eigenvalue weighted by molar-refractivity contribution is 5.91. The summed E-state index contributed by atoms with van der Waals surface area (Å²) in [4.78, 5) is 26.8. The highest BCUT2D eigenvalue weighted by Crippen LogP contribution is 2.25. The molecule has 1 amide bonds. The number of carbonyl (C=O) groups excluding carboxylic acids is 1. The summed E-state index contributed by atoms with van der Waals surface area (Å²) in [7, 11) is 3.08.